The Balaban J connectivity index is 2.14. The molecule has 0 spiro atoms. The first-order valence-corrected chi connectivity index (χ1v) is 9.27. The Hall–Kier alpha value is -0.820. The summed E-state index contributed by atoms with van der Waals surface area (Å²) in [5.41, 5.74) is 0. The van der Waals surface area contributed by atoms with E-state index in [1.54, 1.807) is 17.0 Å². The Morgan fingerprint density at radius 2 is 2.25 bits per heavy atom. The first-order valence-electron chi connectivity index (χ1n) is 6.65. The molecule has 0 saturated carbocycles. The van der Waals surface area contributed by atoms with Crippen LogP contribution >= 0.6 is 15.9 Å². The summed E-state index contributed by atoms with van der Waals surface area (Å²) in [6.45, 7) is 2.26. The van der Waals surface area contributed by atoms with Crippen molar-refractivity contribution in [3.05, 3.63) is 22.6 Å². The van der Waals surface area contributed by atoms with Gasteiger partial charge in [0.05, 0.1) is 18.1 Å². The van der Waals surface area contributed by atoms with E-state index in [1.165, 1.54) is 0 Å². The molecule has 20 heavy (non-hydrogen) atoms. The molecule has 0 bridgehead atoms. The lowest BCUT2D eigenvalue weighted by atomic mass is 10.2. The standard InChI is InChI=1S/C13H18BrNO4S/c1-2-3-13(16)15(8-11-4-5-12(14)19-11)10-6-7-20(17,18)9-10/h4-5,10H,2-3,6-9H2,1H3. The average molecular weight is 364 g/mol. The van der Waals surface area contributed by atoms with E-state index in [1.807, 2.05) is 6.92 Å². The second-order valence-corrected chi connectivity index (χ2v) is 8.04. The molecule has 1 aliphatic heterocycles. The van der Waals surface area contributed by atoms with Crippen LogP contribution in [-0.2, 0) is 21.2 Å². The predicted molar refractivity (Wildman–Crippen MR) is 78.9 cm³/mol. The molecule has 7 heteroatoms. The van der Waals surface area contributed by atoms with Crippen molar-refractivity contribution in [2.24, 2.45) is 0 Å². The molecule has 0 aromatic carbocycles. The highest BCUT2D eigenvalue weighted by Crippen LogP contribution is 2.23. The van der Waals surface area contributed by atoms with Crippen molar-refractivity contribution in [1.29, 1.82) is 0 Å². The van der Waals surface area contributed by atoms with E-state index in [-0.39, 0.29) is 23.5 Å². The van der Waals surface area contributed by atoms with Crippen LogP contribution in [0.25, 0.3) is 0 Å². The summed E-state index contributed by atoms with van der Waals surface area (Å²) in [5.74, 6) is 0.868. The molecule has 1 atom stereocenters. The number of carbonyl (C=O) groups is 1. The molecule has 0 N–H and O–H groups in total. The number of hydrogen-bond acceptors (Lipinski definition) is 4. The van der Waals surface area contributed by atoms with Gasteiger partial charge in [0.1, 0.15) is 5.76 Å². The molecule has 2 heterocycles. The third kappa shape index (κ3) is 3.85. The predicted octanol–water partition coefficient (Wildman–Crippen LogP) is 2.36. The molecule has 1 fully saturated rings. The monoisotopic (exact) mass is 363 g/mol. The largest absolute Gasteiger partial charge is 0.452 e. The minimum Gasteiger partial charge on any atom is -0.452 e. The normalized spacial score (nSPS) is 21.0. The van der Waals surface area contributed by atoms with Gasteiger partial charge in [-0.15, -0.1) is 0 Å². The summed E-state index contributed by atoms with van der Waals surface area (Å²) in [6.07, 6.45) is 1.69. The van der Waals surface area contributed by atoms with Crippen molar-refractivity contribution in [3.8, 4) is 0 Å². The maximum absolute atomic E-state index is 12.2. The quantitative estimate of drug-likeness (QED) is 0.805. The maximum Gasteiger partial charge on any atom is 0.223 e. The van der Waals surface area contributed by atoms with Crippen molar-refractivity contribution in [3.63, 3.8) is 0 Å². The van der Waals surface area contributed by atoms with Gasteiger partial charge in [-0.2, -0.15) is 0 Å². The van der Waals surface area contributed by atoms with Gasteiger partial charge in [-0.1, -0.05) is 6.92 Å². The highest BCUT2D eigenvalue weighted by molar-refractivity contribution is 9.10. The van der Waals surface area contributed by atoms with Crippen LogP contribution in [-0.4, -0.2) is 36.8 Å². The van der Waals surface area contributed by atoms with E-state index in [0.717, 1.165) is 6.42 Å². The van der Waals surface area contributed by atoms with Crippen LogP contribution in [0.1, 0.15) is 31.9 Å². The number of carbonyl (C=O) groups excluding carboxylic acids is 1. The lowest BCUT2D eigenvalue weighted by Crippen LogP contribution is -2.40. The van der Waals surface area contributed by atoms with E-state index in [2.05, 4.69) is 15.9 Å². The second kappa shape index (κ2) is 6.30. The van der Waals surface area contributed by atoms with Crippen molar-refractivity contribution >= 4 is 31.7 Å². The molecular formula is C13H18BrNO4S. The number of nitrogens with zero attached hydrogens (tertiary/aromatic N) is 1. The summed E-state index contributed by atoms with van der Waals surface area (Å²) in [7, 11) is -3.01. The maximum atomic E-state index is 12.2. The van der Waals surface area contributed by atoms with E-state index in [0.29, 0.717) is 29.8 Å². The summed E-state index contributed by atoms with van der Waals surface area (Å²) >= 11 is 3.23. The molecule has 0 aliphatic carbocycles. The van der Waals surface area contributed by atoms with Gasteiger partial charge in [0, 0.05) is 12.5 Å². The molecule has 1 saturated heterocycles. The topological polar surface area (TPSA) is 67.6 Å². The van der Waals surface area contributed by atoms with Crippen LogP contribution in [0.3, 0.4) is 0 Å². The minimum atomic E-state index is -3.01. The third-order valence-corrected chi connectivity index (χ3v) is 5.56. The zero-order valence-electron chi connectivity index (χ0n) is 11.3. The highest BCUT2D eigenvalue weighted by atomic mass is 79.9. The van der Waals surface area contributed by atoms with Gasteiger partial charge in [-0.05, 0) is 40.9 Å². The third-order valence-electron chi connectivity index (χ3n) is 3.39. The number of rotatable bonds is 5. The molecule has 1 amide bonds. The van der Waals surface area contributed by atoms with Gasteiger partial charge in [0.15, 0.2) is 14.5 Å². The van der Waals surface area contributed by atoms with Gasteiger partial charge in [0.2, 0.25) is 5.91 Å². The number of amides is 1. The van der Waals surface area contributed by atoms with E-state index >= 15 is 0 Å². The molecule has 1 aromatic rings. The van der Waals surface area contributed by atoms with Crippen LogP contribution in [0.5, 0.6) is 0 Å². The fraction of sp³-hybridized carbons (Fsp3) is 0.615. The number of halogens is 1. The first kappa shape index (κ1) is 15.6. The smallest absolute Gasteiger partial charge is 0.223 e. The van der Waals surface area contributed by atoms with E-state index in [4.69, 9.17) is 4.42 Å². The number of sulfone groups is 1. The zero-order chi connectivity index (χ0) is 14.8. The Morgan fingerprint density at radius 1 is 1.50 bits per heavy atom. The molecule has 2 rings (SSSR count). The van der Waals surface area contributed by atoms with Gasteiger partial charge >= 0.3 is 0 Å². The first-order chi connectivity index (χ1) is 9.41. The molecule has 112 valence electrons. The molecule has 0 radical (unpaired) electrons. The Morgan fingerprint density at radius 3 is 2.75 bits per heavy atom. The van der Waals surface area contributed by atoms with Crippen LogP contribution in [0.2, 0.25) is 0 Å². The summed E-state index contributed by atoms with van der Waals surface area (Å²) in [5, 5.41) is 0. The fourth-order valence-electron chi connectivity index (χ4n) is 2.40. The van der Waals surface area contributed by atoms with Gasteiger partial charge in [-0.3, -0.25) is 4.79 Å². The lowest BCUT2D eigenvalue weighted by Gasteiger charge is -2.27. The minimum absolute atomic E-state index is 0.0119. The van der Waals surface area contributed by atoms with Gasteiger partial charge < -0.3 is 9.32 Å². The Labute approximate surface area is 127 Å². The van der Waals surface area contributed by atoms with Crippen LogP contribution in [0.4, 0.5) is 0 Å². The van der Waals surface area contributed by atoms with Crippen molar-refractivity contribution < 1.29 is 17.6 Å². The fourth-order valence-corrected chi connectivity index (χ4v) is 4.47. The molecule has 1 aromatic heterocycles. The lowest BCUT2D eigenvalue weighted by molar-refractivity contribution is -0.134. The second-order valence-electron chi connectivity index (χ2n) is 5.03. The Kier molecular flexibility index (Phi) is 4.90. The summed E-state index contributed by atoms with van der Waals surface area (Å²) in [6, 6.07) is 3.33. The molecule has 5 nitrogen and oxygen atoms in total. The summed E-state index contributed by atoms with van der Waals surface area (Å²) < 4.78 is 29.3. The van der Waals surface area contributed by atoms with Crippen LogP contribution in [0, 0.1) is 0 Å². The highest BCUT2D eigenvalue weighted by Gasteiger charge is 2.34. The molecule has 1 unspecified atom stereocenters. The zero-order valence-corrected chi connectivity index (χ0v) is 13.7. The van der Waals surface area contributed by atoms with E-state index in [9.17, 15) is 13.2 Å². The van der Waals surface area contributed by atoms with Crippen molar-refractivity contribution in [1.82, 2.24) is 4.90 Å². The van der Waals surface area contributed by atoms with E-state index < -0.39 is 9.84 Å². The number of hydrogen-bond donors (Lipinski definition) is 0. The molecule has 1 aliphatic rings. The average Bonchev–Trinajstić information content (AvgIpc) is 2.92. The van der Waals surface area contributed by atoms with Crippen molar-refractivity contribution in [2.45, 2.75) is 38.8 Å². The summed E-state index contributed by atoms with van der Waals surface area (Å²) in [4.78, 5) is 13.9. The van der Waals surface area contributed by atoms with Gasteiger partial charge in [-0.25, -0.2) is 8.42 Å². The number of furan rings is 1. The van der Waals surface area contributed by atoms with Gasteiger partial charge in [0.25, 0.3) is 0 Å². The van der Waals surface area contributed by atoms with Crippen LogP contribution < -0.4 is 0 Å². The van der Waals surface area contributed by atoms with Crippen LogP contribution in [0.15, 0.2) is 21.2 Å². The Bertz CT molecular complexity index is 581. The van der Waals surface area contributed by atoms with Crippen molar-refractivity contribution in [2.75, 3.05) is 11.5 Å². The molecular weight excluding hydrogens is 346 g/mol. The SMILES string of the molecule is CCCC(=O)N(Cc1ccc(Br)o1)C1CCS(=O)(=O)C1.